The van der Waals surface area contributed by atoms with E-state index in [1.54, 1.807) is 0 Å². The van der Waals surface area contributed by atoms with Gasteiger partial charge in [0.05, 0.1) is 0 Å². The standard InChI is InChI=1S/C14H30N2S/c1-13(2)12-15-7-9-16(3)8-4-14-5-10-17-11-6-14/h13-15H,4-12H2,1-3H3. The molecule has 1 fully saturated rings. The number of hydrogen-bond acceptors (Lipinski definition) is 3. The Bertz CT molecular complexity index is 179. The van der Waals surface area contributed by atoms with E-state index < -0.39 is 0 Å². The molecule has 1 heterocycles. The van der Waals surface area contributed by atoms with Crippen molar-refractivity contribution in [2.45, 2.75) is 33.1 Å². The molecule has 0 amide bonds. The van der Waals surface area contributed by atoms with Crippen LogP contribution in [0.1, 0.15) is 33.1 Å². The number of hydrogen-bond donors (Lipinski definition) is 1. The second kappa shape index (κ2) is 9.23. The molecule has 1 aliphatic rings. The van der Waals surface area contributed by atoms with Crippen LogP contribution in [0.3, 0.4) is 0 Å². The van der Waals surface area contributed by atoms with Gasteiger partial charge in [-0.2, -0.15) is 11.8 Å². The Balaban J connectivity index is 1.94. The summed E-state index contributed by atoms with van der Waals surface area (Å²) in [6, 6.07) is 0. The molecule has 1 rings (SSSR count). The first-order valence-electron chi connectivity index (χ1n) is 7.15. The molecule has 2 nitrogen and oxygen atoms in total. The number of rotatable bonds is 8. The normalized spacial score (nSPS) is 18.2. The van der Waals surface area contributed by atoms with Crippen LogP contribution in [0.25, 0.3) is 0 Å². The summed E-state index contributed by atoms with van der Waals surface area (Å²) in [6.07, 6.45) is 4.30. The first-order chi connectivity index (χ1) is 8.18. The van der Waals surface area contributed by atoms with E-state index in [0.29, 0.717) is 0 Å². The maximum atomic E-state index is 3.51. The molecular formula is C14H30N2S. The number of likely N-dealkylation sites (N-methyl/N-ethyl adjacent to an activating group) is 1. The van der Waals surface area contributed by atoms with Crippen molar-refractivity contribution in [3.63, 3.8) is 0 Å². The zero-order chi connectivity index (χ0) is 12.5. The van der Waals surface area contributed by atoms with E-state index in [1.165, 1.54) is 43.9 Å². The van der Waals surface area contributed by atoms with Crippen molar-refractivity contribution in [3.05, 3.63) is 0 Å². The predicted molar refractivity (Wildman–Crippen MR) is 79.9 cm³/mol. The molecule has 0 aliphatic carbocycles. The molecule has 3 heteroatoms. The van der Waals surface area contributed by atoms with Crippen molar-refractivity contribution >= 4 is 11.8 Å². The topological polar surface area (TPSA) is 15.3 Å². The van der Waals surface area contributed by atoms with Crippen molar-refractivity contribution in [3.8, 4) is 0 Å². The maximum absolute atomic E-state index is 3.51. The van der Waals surface area contributed by atoms with Gasteiger partial charge in [-0.1, -0.05) is 13.8 Å². The zero-order valence-electron chi connectivity index (χ0n) is 11.9. The van der Waals surface area contributed by atoms with Gasteiger partial charge in [-0.25, -0.2) is 0 Å². The third kappa shape index (κ3) is 8.06. The van der Waals surface area contributed by atoms with Gasteiger partial charge in [0.15, 0.2) is 0 Å². The van der Waals surface area contributed by atoms with Crippen LogP contribution in [-0.2, 0) is 0 Å². The minimum atomic E-state index is 0.764. The van der Waals surface area contributed by atoms with Crippen LogP contribution in [0.4, 0.5) is 0 Å². The summed E-state index contributed by atoms with van der Waals surface area (Å²) in [6.45, 7) is 9.27. The summed E-state index contributed by atoms with van der Waals surface area (Å²) in [5, 5.41) is 3.51. The maximum Gasteiger partial charge on any atom is 0.0104 e. The van der Waals surface area contributed by atoms with Crippen LogP contribution in [-0.4, -0.2) is 49.6 Å². The van der Waals surface area contributed by atoms with Crippen LogP contribution in [0.15, 0.2) is 0 Å². The summed E-state index contributed by atoms with van der Waals surface area (Å²) >= 11 is 2.13. The average Bonchev–Trinajstić information content (AvgIpc) is 2.33. The quantitative estimate of drug-likeness (QED) is 0.674. The molecular weight excluding hydrogens is 228 g/mol. The van der Waals surface area contributed by atoms with E-state index in [1.807, 2.05) is 0 Å². The predicted octanol–water partition coefficient (Wildman–Crippen LogP) is 2.70. The zero-order valence-corrected chi connectivity index (χ0v) is 12.7. The number of thioether (sulfide) groups is 1. The molecule has 1 aliphatic heterocycles. The van der Waals surface area contributed by atoms with Gasteiger partial charge in [-0.15, -0.1) is 0 Å². The third-order valence-corrected chi connectivity index (χ3v) is 4.53. The SMILES string of the molecule is CC(C)CNCCN(C)CCC1CCSCC1. The summed E-state index contributed by atoms with van der Waals surface area (Å²) in [7, 11) is 2.26. The monoisotopic (exact) mass is 258 g/mol. The van der Waals surface area contributed by atoms with Crippen molar-refractivity contribution in [1.82, 2.24) is 10.2 Å². The van der Waals surface area contributed by atoms with Crippen LogP contribution in [0.2, 0.25) is 0 Å². The minimum Gasteiger partial charge on any atom is -0.315 e. The first-order valence-corrected chi connectivity index (χ1v) is 8.31. The lowest BCUT2D eigenvalue weighted by molar-refractivity contribution is 0.290. The molecule has 0 aromatic carbocycles. The van der Waals surface area contributed by atoms with Gasteiger partial charge < -0.3 is 10.2 Å². The Morgan fingerprint density at radius 1 is 1.24 bits per heavy atom. The fraction of sp³-hybridized carbons (Fsp3) is 1.00. The Morgan fingerprint density at radius 2 is 1.94 bits per heavy atom. The fourth-order valence-corrected chi connectivity index (χ4v) is 3.41. The van der Waals surface area contributed by atoms with Crippen molar-refractivity contribution in [1.29, 1.82) is 0 Å². The summed E-state index contributed by atoms with van der Waals surface area (Å²) in [4.78, 5) is 2.48. The molecule has 0 bridgehead atoms. The van der Waals surface area contributed by atoms with Crippen LogP contribution in [0, 0.1) is 11.8 Å². The molecule has 1 N–H and O–H groups in total. The molecule has 0 aromatic rings. The molecule has 0 atom stereocenters. The lowest BCUT2D eigenvalue weighted by atomic mass is 9.99. The summed E-state index contributed by atoms with van der Waals surface area (Å²) in [5.74, 6) is 4.55. The molecule has 0 aromatic heterocycles. The van der Waals surface area contributed by atoms with E-state index in [0.717, 1.165) is 24.9 Å². The Morgan fingerprint density at radius 3 is 2.59 bits per heavy atom. The lowest BCUT2D eigenvalue weighted by Gasteiger charge is -2.24. The van der Waals surface area contributed by atoms with Gasteiger partial charge in [0, 0.05) is 13.1 Å². The van der Waals surface area contributed by atoms with Gasteiger partial charge in [0.2, 0.25) is 0 Å². The van der Waals surface area contributed by atoms with Crippen LogP contribution >= 0.6 is 11.8 Å². The summed E-state index contributed by atoms with van der Waals surface area (Å²) < 4.78 is 0. The highest BCUT2D eigenvalue weighted by atomic mass is 32.2. The molecule has 0 radical (unpaired) electrons. The van der Waals surface area contributed by atoms with E-state index in [-0.39, 0.29) is 0 Å². The first kappa shape index (κ1) is 15.3. The number of nitrogens with zero attached hydrogens (tertiary/aromatic N) is 1. The molecule has 0 spiro atoms. The van der Waals surface area contributed by atoms with Crippen molar-refractivity contribution in [2.75, 3.05) is 44.7 Å². The molecule has 17 heavy (non-hydrogen) atoms. The Kier molecular flexibility index (Phi) is 8.33. The lowest BCUT2D eigenvalue weighted by Crippen LogP contribution is -2.32. The van der Waals surface area contributed by atoms with Crippen molar-refractivity contribution < 1.29 is 0 Å². The van der Waals surface area contributed by atoms with E-state index in [4.69, 9.17) is 0 Å². The molecule has 102 valence electrons. The van der Waals surface area contributed by atoms with Gasteiger partial charge >= 0.3 is 0 Å². The third-order valence-electron chi connectivity index (χ3n) is 3.48. The second-order valence-corrected chi connectivity index (χ2v) is 6.97. The highest BCUT2D eigenvalue weighted by Gasteiger charge is 2.13. The highest BCUT2D eigenvalue weighted by Crippen LogP contribution is 2.25. The van der Waals surface area contributed by atoms with Crippen LogP contribution < -0.4 is 5.32 Å². The fourth-order valence-electron chi connectivity index (χ4n) is 2.21. The Hall–Kier alpha value is 0.270. The minimum absolute atomic E-state index is 0.764. The van der Waals surface area contributed by atoms with E-state index in [2.05, 4.69) is 42.9 Å². The smallest absolute Gasteiger partial charge is 0.0104 e. The second-order valence-electron chi connectivity index (χ2n) is 5.75. The van der Waals surface area contributed by atoms with Gasteiger partial charge in [0.25, 0.3) is 0 Å². The van der Waals surface area contributed by atoms with Gasteiger partial charge in [-0.3, -0.25) is 0 Å². The van der Waals surface area contributed by atoms with Gasteiger partial charge in [0.1, 0.15) is 0 Å². The molecule has 1 saturated heterocycles. The summed E-state index contributed by atoms with van der Waals surface area (Å²) in [5.41, 5.74) is 0. The number of nitrogens with one attached hydrogen (secondary N) is 1. The van der Waals surface area contributed by atoms with Crippen molar-refractivity contribution in [2.24, 2.45) is 11.8 Å². The largest absolute Gasteiger partial charge is 0.315 e. The van der Waals surface area contributed by atoms with E-state index >= 15 is 0 Å². The molecule has 0 unspecified atom stereocenters. The highest BCUT2D eigenvalue weighted by molar-refractivity contribution is 7.99. The molecule has 0 saturated carbocycles. The average molecular weight is 258 g/mol. The van der Waals surface area contributed by atoms with Crippen LogP contribution in [0.5, 0.6) is 0 Å². The van der Waals surface area contributed by atoms with Gasteiger partial charge in [-0.05, 0) is 62.7 Å². The van der Waals surface area contributed by atoms with E-state index in [9.17, 15) is 0 Å². The Labute approximate surface area is 112 Å².